The Hall–Kier alpha value is -1.54. The predicted molar refractivity (Wildman–Crippen MR) is 49.2 cm³/mol. The normalized spacial score (nSPS) is 19.1. The van der Waals surface area contributed by atoms with Gasteiger partial charge in [0, 0.05) is 6.42 Å². The number of amides is 1. The summed E-state index contributed by atoms with van der Waals surface area (Å²) in [5.41, 5.74) is 4.34. The van der Waals surface area contributed by atoms with E-state index in [0.29, 0.717) is 12.8 Å². The van der Waals surface area contributed by atoms with E-state index in [1.54, 1.807) is 0 Å². The molecule has 1 saturated carbocycles. The Morgan fingerprint density at radius 3 is 2.57 bits per heavy atom. The molecule has 1 fully saturated rings. The van der Waals surface area contributed by atoms with Crippen LogP contribution in [0, 0.1) is 12.3 Å². The van der Waals surface area contributed by atoms with Crippen LogP contribution in [-0.2, 0) is 9.59 Å². The molecule has 1 rings (SSSR count). The van der Waals surface area contributed by atoms with Gasteiger partial charge in [0.2, 0.25) is 5.91 Å². The molecule has 0 spiro atoms. The number of hydrogen-bond donors (Lipinski definition) is 3. The number of carbonyl (C=O) groups excluding carboxylic acids is 1. The summed E-state index contributed by atoms with van der Waals surface area (Å²) < 4.78 is 0. The molecule has 0 heterocycles. The van der Waals surface area contributed by atoms with Crippen molar-refractivity contribution < 1.29 is 14.7 Å². The molecule has 0 aromatic carbocycles. The number of nitrogens with one attached hydrogen (secondary N) is 1. The summed E-state index contributed by atoms with van der Waals surface area (Å²) in [7, 11) is 0. The minimum Gasteiger partial charge on any atom is -0.480 e. The van der Waals surface area contributed by atoms with Crippen molar-refractivity contribution in [3.8, 4) is 12.3 Å². The van der Waals surface area contributed by atoms with Gasteiger partial charge in [-0.25, -0.2) is 4.79 Å². The van der Waals surface area contributed by atoms with Crippen molar-refractivity contribution >= 4 is 11.9 Å². The van der Waals surface area contributed by atoms with Crippen LogP contribution in [0.2, 0.25) is 0 Å². The summed E-state index contributed by atoms with van der Waals surface area (Å²) in [6.07, 6.45) is 6.00. The average Bonchev–Trinajstić information content (AvgIpc) is 2.86. The lowest BCUT2D eigenvalue weighted by Crippen LogP contribution is -2.49. The molecule has 76 valence electrons. The van der Waals surface area contributed by atoms with Crippen molar-refractivity contribution in [1.29, 1.82) is 0 Å². The first-order valence-electron chi connectivity index (χ1n) is 4.26. The summed E-state index contributed by atoms with van der Waals surface area (Å²) in [6.45, 7) is 0. The third kappa shape index (κ3) is 2.03. The minimum atomic E-state index is -1.08. The Labute approximate surface area is 81.7 Å². The zero-order valence-electron chi connectivity index (χ0n) is 7.62. The summed E-state index contributed by atoms with van der Waals surface area (Å²) in [5.74, 6) is 0.738. The molecule has 0 bridgehead atoms. The first-order valence-corrected chi connectivity index (χ1v) is 4.26. The van der Waals surface area contributed by atoms with Gasteiger partial charge in [-0.1, -0.05) is 0 Å². The highest BCUT2D eigenvalue weighted by Crippen LogP contribution is 2.35. The lowest BCUT2D eigenvalue weighted by molar-refractivity contribution is -0.143. The molecular weight excluding hydrogens is 184 g/mol. The maximum absolute atomic E-state index is 11.3. The molecule has 1 amide bonds. The van der Waals surface area contributed by atoms with E-state index in [-0.39, 0.29) is 6.42 Å². The molecule has 0 aromatic rings. The van der Waals surface area contributed by atoms with Gasteiger partial charge < -0.3 is 16.2 Å². The number of carboxylic acid groups (broad SMARTS) is 1. The highest BCUT2D eigenvalue weighted by molar-refractivity contribution is 5.91. The van der Waals surface area contributed by atoms with Gasteiger partial charge in [0.05, 0.1) is 6.04 Å². The zero-order chi connectivity index (χ0) is 10.8. The summed E-state index contributed by atoms with van der Waals surface area (Å²) in [5, 5.41) is 11.2. The molecule has 4 N–H and O–H groups in total. The third-order valence-corrected chi connectivity index (χ3v) is 2.20. The standard InChI is InChI=1S/C9H12N2O3/c1-2-3-6(10)7(12)11-9(4-5-9)8(13)14/h1,6H,3-5,10H2,(H,11,12)(H,13,14). The monoisotopic (exact) mass is 196 g/mol. The highest BCUT2D eigenvalue weighted by atomic mass is 16.4. The number of hydrogen-bond acceptors (Lipinski definition) is 3. The number of aliphatic carboxylic acids is 1. The smallest absolute Gasteiger partial charge is 0.329 e. The SMILES string of the molecule is C#CCC(N)C(=O)NC1(C(=O)O)CC1. The fourth-order valence-corrected chi connectivity index (χ4v) is 1.07. The second kappa shape index (κ2) is 3.68. The van der Waals surface area contributed by atoms with E-state index < -0.39 is 23.5 Å². The molecule has 5 nitrogen and oxygen atoms in total. The molecule has 1 unspecified atom stereocenters. The van der Waals surface area contributed by atoms with Crippen LogP contribution in [-0.4, -0.2) is 28.6 Å². The summed E-state index contributed by atoms with van der Waals surface area (Å²) >= 11 is 0. The van der Waals surface area contributed by atoms with Crippen LogP contribution in [0.4, 0.5) is 0 Å². The minimum absolute atomic E-state index is 0.113. The Kier molecular flexibility index (Phi) is 2.77. The van der Waals surface area contributed by atoms with Crippen molar-refractivity contribution in [3.63, 3.8) is 0 Å². The first-order chi connectivity index (χ1) is 6.52. The number of carbonyl (C=O) groups is 2. The Balaban J connectivity index is 2.50. The van der Waals surface area contributed by atoms with Crippen molar-refractivity contribution in [2.24, 2.45) is 5.73 Å². The van der Waals surface area contributed by atoms with Crippen LogP contribution in [0.3, 0.4) is 0 Å². The van der Waals surface area contributed by atoms with Crippen molar-refractivity contribution in [3.05, 3.63) is 0 Å². The van der Waals surface area contributed by atoms with E-state index in [9.17, 15) is 9.59 Å². The second-order valence-corrected chi connectivity index (χ2v) is 3.39. The van der Waals surface area contributed by atoms with E-state index in [4.69, 9.17) is 17.3 Å². The Morgan fingerprint density at radius 1 is 1.64 bits per heavy atom. The van der Waals surface area contributed by atoms with E-state index in [2.05, 4.69) is 11.2 Å². The number of nitrogens with two attached hydrogens (primary N) is 1. The van der Waals surface area contributed by atoms with Gasteiger partial charge in [0.1, 0.15) is 5.54 Å². The van der Waals surface area contributed by atoms with Gasteiger partial charge in [-0.15, -0.1) is 12.3 Å². The third-order valence-electron chi connectivity index (χ3n) is 2.20. The molecule has 1 aliphatic carbocycles. The van der Waals surface area contributed by atoms with Crippen LogP contribution < -0.4 is 11.1 Å². The van der Waals surface area contributed by atoms with Gasteiger partial charge in [0.25, 0.3) is 0 Å². The second-order valence-electron chi connectivity index (χ2n) is 3.39. The molecule has 1 aliphatic rings. The predicted octanol–water partition coefficient (Wildman–Crippen LogP) is -0.930. The largest absolute Gasteiger partial charge is 0.480 e. The van der Waals surface area contributed by atoms with Crippen molar-refractivity contribution in [1.82, 2.24) is 5.32 Å². The van der Waals surface area contributed by atoms with Crippen molar-refractivity contribution in [2.75, 3.05) is 0 Å². The van der Waals surface area contributed by atoms with Crippen molar-refractivity contribution in [2.45, 2.75) is 30.8 Å². The number of rotatable bonds is 4. The van der Waals surface area contributed by atoms with E-state index in [1.807, 2.05) is 0 Å². The quantitative estimate of drug-likeness (QED) is 0.506. The summed E-state index contributed by atoms with van der Waals surface area (Å²) in [4.78, 5) is 22.0. The average molecular weight is 196 g/mol. The Morgan fingerprint density at radius 2 is 2.21 bits per heavy atom. The molecule has 1 atom stereocenters. The van der Waals surface area contributed by atoms with Crippen LogP contribution >= 0.6 is 0 Å². The number of carboxylic acids is 1. The maximum Gasteiger partial charge on any atom is 0.329 e. The molecule has 0 aliphatic heterocycles. The molecule has 0 aromatic heterocycles. The van der Waals surface area contributed by atoms with Crippen LogP contribution in [0.15, 0.2) is 0 Å². The Bertz CT molecular complexity index is 302. The zero-order valence-corrected chi connectivity index (χ0v) is 7.62. The lowest BCUT2D eigenvalue weighted by Gasteiger charge is -2.15. The van der Waals surface area contributed by atoms with Gasteiger partial charge >= 0.3 is 5.97 Å². The van der Waals surface area contributed by atoms with Crippen LogP contribution in [0.5, 0.6) is 0 Å². The fraction of sp³-hybridized carbons (Fsp3) is 0.556. The summed E-state index contributed by atoms with van der Waals surface area (Å²) in [6, 6.07) is -0.822. The maximum atomic E-state index is 11.3. The molecule has 5 heteroatoms. The first kappa shape index (κ1) is 10.5. The lowest BCUT2D eigenvalue weighted by atomic mass is 10.2. The molecule has 0 radical (unpaired) electrons. The van der Waals surface area contributed by atoms with E-state index in [1.165, 1.54) is 0 Å². The van der Waals surface area contributed by atoms with E-state index in [0.717, 1.165) is 0 Å². The van der Waals surface area contributed by atoms with Gasteiger partial charge in [-0.05, 0) is 12.8 Å². The molecular formula is C9H12N2O3. The van der Waals surface area contributed by atoms with Gasteiger partial charge in [0.15, 0.2) is 0 Å². The van der Waals surface area contributed by atoms with Crippen LogP contribution in [0.25, 0.3) is 0 Å². The fourth-order valence-electron chi connectivity index (χ4n) is 1.07. The van der Waals surface area contributed by atoms with E-state index >= 15 is 0 Å². The number of terminal acetylenes is 1. The van der Waals surface area contributed by atoms with Gasteiger partial charge in [-0.3, -0.25) is 4.79 Å². The topological polar surface area (TPSA) is 92.4 Å². The molecule has 14 heavy (non-hydrogen) atoms. The molecule has 0 saturated heterocycles. The van der Waals surface area contributed by atoms with Gasteiger partial charge in [-0.2, -0.15) is 0 Å². The highest BCUT2D eigenvalue weighted by Gasteiger charge is 2.51. The van der Waals surface area contributed by atoms with Crippen LogP contribution in [0.1, 0.15) is 19.3 Å².